The van der Waals surface area contributed by atoms with E-state index in [-0.39, 0.29) is 6.04 Å². The fourth-order valence-electron chi connectivity index (χ4n) is 1.60. The molecule has 15 heavy (non-hydrogen) atoms. The van der Waals surface area contributed by atoms with Crippen molar-refractivity contribution < 1.29 is 0 Å². The standard InChI is InChI=1S/C10H13ClN4/c1-6(12)3-7-4-13-10-8(9(7)11)5-14-15(10)2/h4-6H,3,12H2,1-2H3. The summed E-state index contributed by atoms with van der Waals surface area (Å²) in [5, 5.41) is 5.72. The van der Waals surface area contributed by atoms with Crippen LogP contribution in [0.3, 0.4) is 0 Å². The average molecular weight is 225 g/mol. The van der Waals surface area contributed by atoms with Crippen LogP contribution in [0.2, 0.25) is 5.02 Å². The molecule has 0 saturated carbocycles. The largest absolute Gasteiger partial charge is 0.328 e. The highest BCUT2D eigenvalue weighted by Gasteiger charge is 2.10. The van der Waals surface area contributed by atoms with Gasteiger partial charge in [-0.3, -0.25) is 4.68 Å². The Morgan fingerprint density at radius 2 is 2.27 bits per heavy atom. The van der Waals surface area contributed by atoms with Gasteiger partial charge in [0.1, 0.15) is 0 Å². The lowest BCUT2D eigenvalue weighted by molar-refractivity contribution is 0.736. The number of aromatic nitrogens is 3. The molecule has 2 heterocycles. The molecule has 80 valence electrons. The molecule has 0 radical (unpaired) electrons. The second kappa shape index (κ2) is 3.79. The van der Waals surface area contributed by atoms with Gasteiger partial charge in [0.25, 0.3) is 0 Å². The average Bonchev–Trinajstić information content (AvgIpc) is 2.53. The van der Waals surface area contributed by atoms with Gasteiger partial charge in [0.2, 0.25) is 0 Å². The second-order valence-electron chi connectivity index (χ2n) is 3.78. The Balaban J connectivity index is 2.55. The normalized spacial score (nSPS) is 13.3. The maximum Gasteiger partial charge on any atom is 0.158 e. The molecule has 0 fully saturated rings. The monoisotopic (exact) mass is 224 g/mol. The van der Waals surface area contributed by atoms with Crippen LogP contribution in [0.4, 0.5) is 0 Å². The molecule has 0 aromatic carbocycles. The van der Waals surface area contributed by atoms with E-state index in [0.717, 1.165) is 23.0 Å². The van der Waals surface area contributed by atoms with Crippen LogP contribution < -0.4 is 5.73 Å². The van der Waals surface area contributed by atoms with Gasteiger partial charge in [0.15, 0.2) is 5.65 Å². The van der Waals surface area contributed by atoms with Gasteiger partial charge in [-0.25, -0.2) is 4.98 Å². The number of hydrogen-bond acceptors (Lipinski definition) is 3. The van der Waals surface area contributed by atoms with Crippen molar-refractivity contribution in [3.8, 4) is 0 Å². The molecular formula is C10H13ClN4. The van der Waals surface area contributed by atoms with E-state index in [0.29, 0.717) is 5.02 Å². The first-order valence-electron chi connectivity index (χ1n) is 4.80. The van der Waals surface area contributed by atoms with Crippen LogP contribution in [-0.4, -0.2) is 20.8 Å². The SMILES string of the molecule is CC(N)Cc1cnc2c(cnn2C)c1Cl. The fourth-order valence-corrected chi connectivity index (χ4v) is 1.86. The Kier molecular flexibility index (Phi) is 2.63. The summed E-state index contributed by atoms with van der Waals surface area (Å²) in [5.74, 6) is 0. The van der Waals surface area contributed by atoms with Crippen molar-refractivity contribution in [1.29, 1.82) is 0 Å². The van der Waals surface area contributed by atoms with Gasteiger partial charge in [-0.05, 0) is 18.9 Å². The van der Waals surface area contributed by atoms with Crippen LogP contribution in [0.15, 0.2) is 12.4 Å². The number of pyridine rings is 1. The minimum Gasteiger partial charge on any atom is -0.328 e. The number of aryl methyl sites for hydroxylation is 1. The maximum atomic E-state index is 6.25. The van der Waals surface area contributed by atoms with Crippen molar-refractivity contribution in [3.63, 3.8) is 0 Å². The third-order valence-corrected chi connectivity index (χ3v) is 2.76. The van der Waals surface area contributed by atoms with E-state index in [1.54, 1.807) is 17.1 Å². The highest BCUT2D eigenvalue weighted by atomic mass is 35.5. The molecule has 2 aromatic rings. The molecule has 0 amide bonds. The topological polar surface area (TPSA) is 56.7 Å². The summed E-state index contributed by atoms with van der Waals surface area (Å²) in [6.07, 6.45) is 4.24. The Hall–Kier alpha value is -1.13. The Labute approximate surface area is 93.0 Å². The van der Waals surface area contributed by atoms with Crippen LogP contribution in [0.1, 0.15) is 12.5 Å². The van der Waals surface area contributed by atoms with Crippen molar-refractivity contribution in [3.05, 3.63) is 23.0 Å². The Bertz CT molecular complexity index is 489. The summed E-state index contributed by atoms with van der Waals surface area (Å²) in [5.41, 5.74) is 7.51. The highest BCUT2D eigenvalue weighted by molar-refractivity contribution is 6.35. The van der Waals surface area contributed by atoms with Gasteiger partial charge >= 0.3 is 0 Å². The molecule has 2 aromatic heterocycles. The van der Waals surface area contributed by atoms with Gasteiger partial charge in [-0.15, -0.1) is 0 Å². The van der Waals surface area contributed by atoms with Crippen molar-refractivity contribution >= 4 is 22.6 Å². The first-order valence-corrected chi connectivity index (χ1v) is 5.18. The number of rotatable bonds is 2. The Morgan fingerprint density at radius 3 is 2.93 bits per heavy atom. The molecule has 0 aliphatic rings. The van der Waals surface area contributed by atoms with Crippen molar-refractivity contribution in [2.24, 2.45) is 12.8 Å². The first-order chi connectivity index (χ1) is 7.09. The quantitative estimate of drug-likeness (QED) is 0.842. The molecule has 1 unspecified atom stereocenters. The van der Waals surface area contributed by atoms with E-state index in [9.17, 15) is 0 Å². The van der Waals surface area contributed by atoms with Gasteiger partial charge in [0.05, 0.1) is 16.6 Å². The number of nitrogens with two attached hydrogens (primary N) is 1. The van der Waals surface area contributed by atoms with E-state index in [1.807, 2.05) is 14.0 Å². The van der Waals surface area contributed by atoms with Crippen LogP contribution >= 0.6 is 11.6 Å². The predicted octanol–water partition coefficient (Wildman–Crippen LogP) is 1.51. The van der Waals surface area contributed by atoms with Crippen LogP contribution in [-0.2, 0) is 13.5 Å². The lowest BCUT2D eigenvalue weighted by Crippen LogP contribution is -2.18. The third-order valence-electron chi connectivity index (χ3n) is 2.31. The number of fused-ring (bicyclic) bond motifs is 1. The van der Waals surface area contributed by atoms with Crippen LogP contribution in [0, 0.1) is 0 Å². The summed E-state index contributed by atoms with van der Waals surface area (Å²) in [4.78, 5) is 4.32. The maximum absolute atomic E-state index is 6.25. The molecule has 1 atom stereocenters. The van der Waals surface area contributed by atoms with E-state index in [2.05, 4.69) is 10.1 Å². The Morgan fingerprint density at radius 1 is 1.53 bits per heavy atom. The number of hydrogen-bond donors (Lipinski definition) is 1. The van der Waals surface area contributed by atoms with Gasteiger partial charge in [-0.2, -0.15) is 5.10 Å². The van der Waals surface area contributed by atoms with E-state index < -0.39 is 0 Å². The van der Waals surface area contributed by atoms with Crippen LogP contribution in [0.25, 0.3) is 11.0 Å². The smallest absolute Gasteiger partial charge is 0.158 e. The lowest BCUT2D eigenvalue weighted by atomic mass is 10.1. The summed E-state index contributed by atoms with van der Waals surface area (Å²) in [7, 11) is 1.84. The zero-order valence-electron chi connectivity index (χ0n) is 8.74. The van der Waals surface area contributed by atoms with E-state index >= 15 is 0 Å². The molecule has 2 N–H and O–H groups in total. The molecule has 0 aliphatic carbocycles. The zero-order chi connectivity index (χ0) is 11.0. The molecule has 2 rings (SSSR count). The summed E-state index contributed by atoms with van der Waals surface area (Å²) in [6.45, 7) is 1.95. The first kappa shape index (κ1) is 10.4. The predicted molar refractivity (Wildman–Crippen MR) is 60.9 cm³/mol. The summed E-state index contributed by atoms with van der Waals surface area (Å²) >= 11 is 6.25. The van der Waals surface area contributed by atoms with Crippen molar-refractivity contribution in [2.45, 2.75) is 19.4 Å². The molecule has 5 heteroatoms. The minimum atomic E-state index is 0.0819. The third kappa shape index (κ3) is 1.82. The van der Waals surface area contributed by atoms with E-state index in [4.69, 9.17) is 17.3 Å². The van der Waals surface area contributed by atoms with Crippen molar-refractivity contribution in [1.82, 2.24) is 14.8 Å². The molecular weight excluding hydrogens is 212 g/mol. The lowest BCUT2D eigenvalue weighted by Gasteiger charge is -2.07. The molecule has 0 saturated heterocycles. The highest BCUT2D eigenvalue weighted by Crippen LogP contribution is 2.25. The number of halogens is 1. The molecule has 0 spiro atoms. The molecule has 0 bridgehead atoms. The molecule has 0 aliphatic heterocycles. The van der Waals surface area contributed by atoms with Crippen molar-refractivity contribution in [2.75, 3.05) is 0 Å². The molecule has 4 nitrogen and oxygen atoms in total. The number of nitrogens with zero attached hydrogens (tertiary/aromatic N) is 3. The second-order valence-corrected chi connectivity index (χ2v) is 4.16. The van der Waals surface area contributed by atoms with Gasteiger partial charge in [0, 0.05) is 19.3 Å². The summed E-state index contributed by atoms with van der Waals surface area (Å²) < 4.78 is 1.71. The van der Waals surface area contributed by atoms with E-state index in [1.165, 1.54) is 0 Å². The van der Waals surface area contributed by atoms with Gasteiger partial charge in [-0.1, -0.05) is 11.6 Å². The fraction of sp³-hybridized carbons (Fsp3) is 0.400. The summed E-state index contributed by atoms with van der Waals surface area (Å²) in [6, 6.07) is 0.0819. The van der Waals surface area contributed by atoms with Gasteiger partial charge < -0.3 is 5.73 Å². The van der Waals surface area contributed by atoms with Crippen LogP contribution in [0.5, 0.6) is 0 Å². The zero-order valence-corrected chi connectivity index (χ0v) is 9.49. The minimum absolute atomic E-state index is 0.0819.